The van der Waals surface area contributed by atoms with E-state index in [1.54, 1.807) is 0 Å². The van der Waals surface area contributed by atoms with Crippen LogP contribution in [0.25, 0.3) is 0 Å². The average molecular weight is 275 g/mol. The fraction of sp³-hybridized carbons (Fsp3) is 0.562. The Labute approximate surface area is 121 Å². The Morgan fingerprint density at radius 3 is 2.70 bits per heavy atom. The Morgan fingerprint density at radius 2 is 2.10 bits per heavy atom. The van der Waals surface area contributed by atoms with Crippen molar-refractivity contribution in [1.29, 1.82) is 0 Å². The molecule has 20 heavy (non-hydrogen) atoms. The highest BCUT2D eigenvalue weighted by Crippen LogP contribution is 2.23. The third-order valence-corrected chi connectivity index (χ3v) is 4.18. The first-order chi connectivity index (χ1) is 9.58. The van der Waals surface area contributed by atoms with Crippen LogP contribution in [0.2, 0.25) is 0 Å². The molecule has 2 rings (SSSR count). The summed E-state index contributed by atoms with van der Waals surface area (Å²) in [4.78, 5) is 13.5. The summed E-state index contributed by atoms with van der Waals surface area (Å²) in [7, 11) is 0. The predicted molar refractivity (Wildman–Crippen MR) is 82.3 cm³/mol. The maximum atomic E-state index is 11.0. The number of nitrogens with one attached hydrogen (secondary N) is 1. The first-order valence-corrected chi connectivity index (χ1v) is 7.37. The molecule has 4 nitrogen and oxygen atoms in total. The minimum absolute atomic E-state index is 0.0337. The van der Waals surface area contributed by atoms with Gasteiger partial charge in [0.05, 0.1) is 0 Å². The average Bonchev–Trinajstić information content (AvgIpc) is 2.42. The Bertz CT molecular complexity index is 444. The lowest BCUT2D eigenvalue weighted by Crippen LogP contribution is -2.42. The fourth-order valence-electron chi connectivity index (χ4n) is 2.83. The molecule has 0 aromatic heterocycles. The highest BCUT2D eigenvalue weighted by molar-refractivity contribution is 5.88. The third-order valence-electron chi connectivity index (χ3n) is 4.18. The van der Waals surface area contributed by atoms with Gasteiger partial charge in [-0.1, -0.05) is 19.1 Å². The van der Waals surface area contributed by atoms with E-state index in [1.165, 1.54) is 18.9 Å². The van der Waals surface area contributed by atoms with Crippen LogP contribution in [-0.4, -0.2) is 30.4 Å². The molecule has 1 saturated heterocycles. The summed E-state index contributed by atoms with van der Waals surface area (Å²) in [5, 5.41) is 2.79. The maximum Gasteiger partial charge on any atom is 0.221 e. The van der Waals surface area contributed by atoms with Crippen molar-refractivity contribution in [2.75, 3.05) is 25.0 Å². The van der Waals surface area contributed by atoms with Crippen LogP contribution in [0.3, 0.4) is 0 Å². The van der Waals surface area contributed by atoms with Crippen molar-refractivity contribution in [2.24, 2.45) is 17.6 Å². The highest BCUT2D eigenvalue weighted by atomic mass is 16.1. The smallest absolute Gasteiger partial charge is 0.221 e. The molecule has 0 radical (unpaired) electrons. The van der Waals surface area contributed by atoms with Crippen LogP contribution in [0.5, 0.6) is 0 Å². The van der Waals surface area contributed by atoms with E-state index in [2.05, 4.69) is 29.3 Å². The number of hydrogen-bond acceptors (Lipinski definition) is 3. The van der Waals surface area contributed by atoms with Crippen LogP contribution < -0.4 is 11.1 Å². The van der Waals surface area contributed by atoms with E-state index in [9.17, 15) is 4.79 Å². The third kappa shape index (κ3) is 4.05. The van der Waals surface area contributed by atoms with Gasteiger partial charge >= 0.3 is 0 Å². The van der Waals surface area contributed by atoms with Crippen LogP contribution in [0.1, 0.15) is 25.8 Å². The largest absolute Gasteiger partial charge is 0.330 e. The fourth-order valence-corrected chi connectivity index (χ4v) is 2.83. The minimum Gasteiger partial charge on any atom is -0.330 e. The van der Waals surface area contributed by atoms with Gasteiger partial charge in [0.25, 0.3) is 0 Å². The van der Waals surface area contributed by atoms with Gasteiger partial charge in [-0.25, -0.2) is 0 Å². The van der Waals surface area contributed by atoms with Crippen molar-refractivity contribution in [2.45, 2.75) is 26.8 Å². The second kappa shape index (κ2) is 6.86. The van der Waals surface area contributed by atoms with Gasteiger partial charge in [0.1, 0.15) is 0 Å². The second-order valence-electron chi connectivity index (χ2n) is 5.87. The van der Waals surface area contributed by atoms with E-state index in [-0.39, 0.29) is 5.91 Å². The van der Waals surface area contributed by atoms with Gasteiger partial charge in [0, 0.05) is 25.7 Å². The van der Waals surface area contributed by atoms with Crippen molar-refractivity contribution in [3.05, 3.63) is 29.8 Å². The van der Waals surface area contributed by atoms with Crippen molar-refractivity contribution in [3.8, 4) is 0 Å². The molecular weight excluding hydrogens is 250 g/mol. The molecule has 1 aliphatic heterocycles. The van der Waals surface area contributed by atoms with Gasteiger partial charge < -0.3 is 11.1 Å². The van der Waals surface area contributed by atoms with E-state index >= 15 is 0 Å². The zero-order chi connectivity index (χ0) is 14.5. The molecule has 1 amide bonds. The van der Waals surface area contributed by atoms with E-state index in [1.807, 2.05) is 12.1 Å². The summed E-state index contributed by atoms with van der Waals surface area (Å²) in [5.74, 6) is 1.31. The standard InChI is InChI=1S/C16H25N3O/c1-12-7-8-19(11-15(12)9-17)10-14-3-5-16(6-4-14)18-13(2)20/h3-6,12,15H,7-11,17H2,1-2H3,(H,18,20). The first kappa shape index (κ1) is 15.0. The highest BCUT2D eigenvalue weighted by Gasteiger charge is 2.24. The van der Waals surface area contributed by atoms with Gasteiger partial charge in [-0.05, 0) is 49.0 Å². The Morgan fingerprint density at radius 1 is 1.40 bits per heavy atom. The summed E-state index contributed by atoms with van der Waals surface area (Å²) in [6, 6.07) is 8.09. The number of piperidine rings is 1. The molecular formula is C16H25N3O. The lowest BCUT2D eigenvalue weighted by atomic mass is 9.87. The number of nitrogens with zero attached hydrogens (tertiary/aromatic N) is 1. The molecule has 4 heteroatoms. The maximum absolute atomic E-state index is 11.0. The molecule has 1 heterocycles. The molecule has 1 aromatic carbocycles. The minimum atomic E-state index is -0.0337. The number of benzene rings is 1. The molecule has 0 spiro atoms. The number of nitrogens with two attached hydrogens (primary N) is 1. The molecule has 0 saturated carbocycles. The number of carbonyl (C=O) groups excluding carboxylic acids is 1. The monoisotopic (exact) mass is 275 g/mol. The zero-order valence-electron chi connectivity index (χ0n) is 12.4. The topological polar surface area (TPSA) is 58.4 Å². The molecule has 1 fully saturated rings. The number of amides is 1. The number of anilines is 1. The van der Waals surface area contributed by atoms with Crippen molar-refractivity contribution in [3.63, 3.8) is 0 Å². The van der Waals surface area contributed by atoms with Crippen molar-refractivity contribution >= 4 is 11.6 Å². The molecule has 110 valence electrons. The molecule has 2 unspecified atom stereocenters. The van der Waals surface area contributed by atoms with E-state index in [0.29, 0.717) is 5.92 Å². The van der Waals surface area contributed by atoms with Crippen LogP contribution in [0.4, 0.5) is 5.69 Å². The van der Waals surface area contributed by atoms with Gasteiger partial charge in [0.15, 0.2) is 0 Å². The lowest BCUT2D eigenvalue weighted by Gasteiger charge is -2.36. The van der Waals surface area contributed by atoms with Crippen LogP contribution in [-0.2, 0) is 11.3 Å². The van der Waals surface area contributed by atoms with Gasteiger partial charge in [0.2, 0.25) is 5.91 Å². The predicted octanol–water partition coefficient (Wildman–Crippen LogP) is 2.06. The van der Waals surface area contributed by atoms with Crippen LogP contribution in [0.15, 0.2) is 24.3 Å². The van der Waals surface area contributed by atoms with Crippen LogP contribution in [0, 0.1) is 11.8 Å². The first-order valence-electron chi connectivity index (χ1n) is 7.37. The summed E-state index contributed by atoms with van der Waals surface area (Å²) in [6.07, 6.45) is 1.23. The molecule has 0 bridgehead atoms. The van der Waals surface area contributed by atoms with Crippen molar-refractivity contribution < 1.29 is 4.79 Å². The molecule has 2 atom stereocenters. The lowest BCUT2D eigenvalue weighted by molar-refractivity contribution is -0.114. The van der Waals surface area contributed by atoms with E-state index in [4.69, 9.17) is 5.73 Å². The number of rotatable bonds is 4. The summed E-state index contributed by atoms with van der Waals surface area (Å²) in [5.41, 5.74) is 7.99. The quantitative estimate of drug-likeness (QED) is 0.884. The van der Waals surface area contributed by atoms with Gasteiger partial charge in [-0.3, -0.25) is 9.69 Å². The Hall–Kier alpha value is -1.39. The molecule has 0 aliphatic carbocycles. The summed E-state index contributed by atoms with van der Waals surface area (Å²) in [6.45, 7) is 7.80. The van der Waals surface area contributed by atoms with E-state index < -0.39 is 0 Å². The second-order valence-corrected chi connectivity index (χ2v) is 5.87. The number of hydrogen-bond donors (Lipinski definition) is 2. The number of likely N-dealkylation sites (tertiary alicyclic amines) is 1. The SMILES string of the molecule is CC(=O)Nc1ccc(CN2CCC(C)C(CN)C2)cc1. The van der Waals surface area contributed by atoms with Gasteiger partial charge in [-0.2, -0.15) is 0 Å². The summed E-state index contributed by atoms with van der Waals surface area (Å²) >= 11 is 0. The van der Waals surface area contributed by atoms with Gasteiger partial charge in [-0.15, -0.1) is 0 Å². The zero-order valence-corrected chi connectivity index (χ0v) is 12.4. The number of carbonyl (C=O) groups is 1. The Balaban J connectivity index is 1.91. The van der Waals surface area contributed by atoms with Crippen LogP contribution >= 0.6 is 0 Å². The Kier molecular flexibility index (Phi) is 5.15. The molecule has 1 aliphatic rings. The molecule has 3 N–H and O–H groups in total. The molecule has 1 aromatic rings. The van der Waals surface area contributed by atoms with Crippen molar-refractivity contribution in [1.82, 2.24) is 4.90 Å². The normalized spacial score (nSPS) is 23.6. The van der Waals surface area contributed by atoms with E-state index in [0.717, 1.165) is 37.8 Å². The summed E-state index contributed by atoms with van der Waals surface area (Å²) < 4.78 is 0.